The Morgan fingerprint density at radius 3 is 2.76 bits per heavy atom. The summed E-state index contributed by atoms with van der Waals surface area (Å²) in [5.74, 6) is 6.22. The fourth-order valence-corrected chi connectivity index (χ4v) is 2.13. The monoisotopic (exact) mass is 242 g/mol. The fourth-order valence-electron chi connectivity index (χ4n) is 1.54. The first-order chi connectivity index (χ1) is 8.29. The highest BCUT2D eigenvalue weighted by Crippen LogP contribution is 2.17. The van der Waals surface area contributed by atoms with E-state index < -0.39 is 6.10 Å². The van der Waals surface area contributed by atoms with E-state index in [0.29, 0.717) is 0 Å². The molecule has 0 saturated carbocycles. The number of hydrogen-bond acceptors (Lipinski definition) is 2. The molecule has 0 fully saturated rings. The predicted octanol–water partition coefficient (Wildman–Crippen LogP) is 3.59. The molecule has 0 radical (unpaired) electrons. The fraction of sp³-hybridized carbons (Fsp3) is 0.200. The van der Waals surface area contributed by atoms with Crippen LogP contribution in [0.25, 0.3) is 0 Å². The molecular formula is C15H14OS. The molecule has 0 aliphatic carbocycles. The van der Waals surface area contributed by atoms with Crippen LogP contribution in [-0.2, 0) is 0 Å². The molecule has 1 nitrogen and oxygen atoms in total. The molecule has 0 bridgehead atoms. The Morgan fingerprint density at radius 2 is 2.06 bits per heavy atom. The minimum absolute atomic E-state index is 0.391. The second-order valence-corrected chi connectivity index (χ2v) is 4.59. The molecule has 0 saturated heterocycles. The molecule has 0 aliphatic rings. The highest BCUT2D eigenvalue weighted by molar-refractivity contribution is 7.08. The van der Waals surface area contributed by atoms with Gasteiger partial charge in [0.05, 0.1) is 6.10 Å². The van der Waals surface area contributed by atoms with E-state index in [4.69, 9.17) is 0 Å². The lowest BCUT2D eigenvalue weighted by Crippen LogP contribution is -1.94. The van der Waals surface area contributed by atoms with Gasteiger partial charge in [-0.1, -0.05) is 30.9 Å². The van der Waals surface area contributed by atoms with Crippen molar-refractivity contribution in [3.8, 4) is 11.8 Å². The van der Waals surface area contributed by atoms with E-state index in [9.17, 15) is 5.11 Å². The van der Waals surface area contributed by atoms with Crippen molar-refractivity contribution in [2.24, 2.45) is 0 Å². The largest absolute Gasteiger partial charge is 0.388 e. The van der Waals surface area contributed by atoms with Gasteiger partial charge >= 0.3 is 0 Å². The molecule has 1 aromatic heterocycles. The molecule has 17 heavy (non-hydrogen) atoms. The zero-order chi connectivity index (χ0) is 12.1. The molecule has 1 aromatic carbocycles. The Morgan fingerprint density at radius 1 is 1.24 bits per heavy atom. The van der Waals surface area contributed by atoms with Gasteiger partial charge in [0.1, 0.15) is 0 Å². The Labute approximate surface area is 106 Å². The minimum Gasteiger partial charge on any atom is -0.388 e. The lowest BCUT2D eigenvalue weighted by Gasteiger charge is -2.07. The third-order valence-electron chi connectivity index (χ3n) is 2.53. The van der Waals surface area contributed by atoms with Gasteiger partial charge in [0.25, 0.3) is 0 Å². The van der Waals surface area contributed by atoms with Gasteiger partial charge in [0.2, 0.25) is 0 Å². The predicted molar refractivity (Wildman–Crippen MR) is 72.0 cm³/mol. The summed E-state index contributed by atoms with van der Waals surface area (Å²) in [5.41, 5.74) is 2.92. The van der Waals surface area contributed by atoms with Crippen molar-refractivity contribution in [2.45, 2.75) is 19.4 Å². The highest BCUT2D eigenvalue weighted by Gasteiger charge is 2.03. The first kappa shape index (κ1) is 11.9. The van der Waals surface area contributed by atoms with Gasteiger partial charge in [-0.05, 0) is 35.6 Å². The normalized spacial score (nSPS) is 11.6. The maximum Gasteiger partial charge on any atom is 0.0787 e. The van der Waals surface area contributed by atoms with Crippen LogP contribution in [-0.4, -0.2) is 5.11 Å². The Balaban J connectivity index is 2.22. The number of rotatable bonds is 2. The first-order valence-corrected chi connectivity index (χ1v) is 6.56. The molecule has 0 spiro atoms. The van der Waals surface area contributed by atoms with Crippen molar-refractivity contribution < 1.29 is 5.11 Å². The second kappa shape index (κ2) is 5.67. The molecule has 2 heteroatoms. The molecular weight excluding hydrogens is 228 g/mol. The van der Waals surface area contributed by atoms with Crippen LogP contribution in [0.15, 0.2) is 41.1 Å². The lowest BCUT2D eigenvalue weighted by atomic mass is 10.0. The molecule has 86 valence electrons. The number of aliphatic hydroxyl groups excluding tert-OH is 1. The van der Waals surface area contributed by atoms with E-state index in [-0.39, 0.29) is 0 Å². The Kier molecular flexibility index (Phi) is 3.98. The zero-order valence-corrected chi connectivity index (χ0v) is 10.5. The van der Waals surface area contributed by atoms with Gasteiger partial charge < -0.3 is 5.11 Å². The third-order valence-corrected chi connectivity index (χ3v) is 3.21. The van der Waals surface area contributed by atoms with E-state index >= 15 is 0 Å². The van der Waals surface area contributed by atoms with Crippen molar-refractivity contribution >= 4 is 11.3 Å². The van der Waals surface area contributed by atoms with Crippen molar-refractivity contribution in [1.82, 2.24) is 0 Å². The van der Waals surface area contributed by atoms with Crippen LogP contribution in [0.5, 0.6) is 0 Å². The summed E-state index contributed by atoms with van der Waals surface area (Å²) in [6.07, 6.45) is 0.333. The number of benzene rings is 1. The average Bonchev–Trinajstić information content (AvgIpc) is 2.89. The lowest BCUT2D eigenvalue weighted by molar-refractivity contribution is 0.173. The maximum atomic E-state index is 9.76. The molecule has 0 amide bonds. The summed E-state index contributed by atoms with van der Waals surface area (Å²) in [7, 11) is 0. The van der Waals surface area contributed by atoms with E-state index in [2.05, 4.69) is 11.8 Å². The van der Waals surface area contributed by atoms with Crippen molar-refractivity contribution in [3.05, 3.63) is 57.8 Å². The van der Waals surface area contributed by atoms with Crippen molar-refractivity contribution in [3.63, 3.8) is 0 Å². The smallest absolute Gasteiger partial charge is 0.0787 e. The van der Waals surface area contributed by atoms with Crippen LogP contribution in [0, 0.1) is 11.8 Å². The van der Waals surface area contributed by atoms with E-state index in [1.807, 2.05) is 48.0 Å². The van der Waals surface area contributed by atoms with Crippen LogP contribution in [0.2, 0.25) is 0 Å². The topological polar surface area (TPSA) is 20.2 Å². The second-order valence-electron chi connectivity index (χ2n) is 3.81. The Bertz CT molecular complexity index is 532. The maximum absolute atomic E-state index is 9.76. The quantitative estimate of drug-likeness (QED) is 0.798. The number of thiophene rings is 1. The van der Waals surface area contributed by atoms with Crippen LogP contribution in [0.1, 0.15) is 36.1 Å². The number of aliphatic hydroxyl groups is 1. The van der Waals surface area contributed by atoms with Crippen LogP contribution in [0.4, 0.5) is 0 Å². The zero-order valence-electron chi connectivity index (χ0n) is 9.68. The molecule has 2 rings (SSSR count). The molecule has 1 unspecified atom stereocenters. The minimum atomic E-state index is -0.391. The third kappa shape index (κ3) is 3.20. The SMILES string of the molecule is CCC(O)c1cccc(C#Cc2ccsc2)c1. The first-order valence-electron chi connectivity index (χ1n) is 5.62. The van der Waals surface area contributed by atoms with Gasteiger partial charge in [-0.2, -0.15) is 11.3 Å². The van der Waals surface area contributed by atoms with E-state index in [1.54, 1.807) is 11.3 Å². The Hall–Kier alpha value is -1.56. The summed E-state index contributed by atoms with van der Waals surface area (Å²) < 4.78 is 0. The molecule has 1 N–H and O–H groups in total. The molecule has 1 atom stereocenters. The van der Waals surface area contributed by atoms with Gasteiger partial charge in [-0.3, -0.25) is 0 Å². The van der Waals surface area contributed by atoms with Gasteiger partial charge in [0.15, 0.2) is 0 Å². The summed E-state index contributed by atoms with van der Waals surface area (Å²) >= 11 is 1.64. The highest BCUT2D eigenvalue weighted by atomic mass is 32.1. The van der Waals surface area contributed by atoms with Crippen LogP contribution in [0.3, 0.4) is 0 Å². The molecule has 1 heterocycles. The summed E-state index contributed by atoms with van der Waals surface area (Å²) in [6.45, 7) is 1.97. The van der Waals surface area contributed by atoms with Crippen molar-refractivity contribution in [1.29, 1.82) is 0 Å². The van der Waals surface area contributed by atoms with Gasteiger partial charge in [0, 0.05) is 16.5 Å². The van der Waals surface area contributed by atoms with E-state index in [1.165, 1.54) is 0 Å². The van der Waals surface area contributed by atoms with E-state index in [0.717, 1.165) is 23.1 Å². The summed E-state index contributed by atoms with van der Waals surface area (Å²) in [4.78, 5) is 0. The molecule has 2 aromatic rings. The van der Waals surface area contributed by atoms with Gasteiger partial charge in [-0.15, -0.1) is 0 Å². The standard InChI is InChI=1S/C15H14OS/c1-2-15(16)14-5-3-4-12(10-14)6-7-13-8-9-17-11-13/h3-5,8-11,15-16H,2H2,1H3. The van der Waals surface area contributed by atoms with Crippen LogP contribution >= 0.6 is 11.3 Å². The van der Waals surface area contributed by atoms with Crippen molar-refractivity contribution in [2.75, 3.05) is 0 Å². The summed E-state index contributed by atoms with van der Waals surface area (Å²) in [5, 5.41) is 13.8. The van der Waals surface area contributed by atoms with Crippen LogP contribution < -0.4 is 0 Å². The summed E-state index contributed by atoms with van der Waals surface area (Å²) in [6, 6.07) is 9.79. The average molecular weight is 242 g/mol. The number of hydrogen-bond donors (Lipinski definition) is 1. The van der Waals surface area contributed by atoms with Gasteiger partial charge in [-0.25, -0.2) is 0 Å². The molecule has 0 aliphatic heterocycles.